The number of aliphatic hydroxyl groups excluding tert-OH is 1. The third-order valence-corrected chi connectivity index (χ3v) is 2.24. The van der Waals surface area contributed by atoms with Crippen LogP contribution in [0.2, 0.25) is 0 Å². The SMILES string of the molecule is Cc1c(N)cccc1NC(C)(C)CO. The van der Waals surface area contributed by atoms with Gasteiger partial charge in [-0.1, -0.05) is 6.07 Å². The fourth-order valence-electron chi connectivity index (χ4n) is 1.19. The van der Waals surface area contributed by atoms with Crippen LogP contribution in [0.3, 0.4) is 0 Å². The average Bonchev–Trinajstić information content (AvgIpc) is 2.13. The number of aliphatic hydroxyl groups is 1. The molecule has 1 aromatic rings. The summed E-state index contributed by atoms with van der Waals surface area (Å²) in [4.78, 5) is 0. The second kappa shape index (κ2) is 3.88. The summed E-state index contributed by atoms with van der Waals surface area (Å²) in [6, 6.07) is 5.73. The molecule has 0 saturated heterocycles. The Morgan fingerprint density at radius 1 is 1.43 bits per heavy atom. The molecule has 0 aliphatic carbocycles. The molecule has 78 valence electrons. The van der Waals surface area contributed by atoms with E-state index >= 15 is 0 Å². The van der Waals surface area contributed by atoms with E-state index in [9.17, 15) is 0 Å². The second-order valence-corrected chi connectivity index (χ2v) is 4.19. The first-order valence-corrected chi connectivity index (χ1v) is 4.70. The number of nitrogens with two attached hydrogens (primary N) is 1. The smallest absolute Gasteiger partial charge is 0.0656 e. The van der Waals surface area contributed by atoms with Crippen LogP contribution in [-0.4, -0.2) is 17.3 Å². The van der Waals surface area contributed by atoms with Crippen LogP contribution in [0.5, 0.6) is 0 Å². The van der Waals surface area contributed by atoms with Gasteiger partial charge in [-0.05, 0) is 38.5 Å². The third-order valence-electron chi connectivity index (χ3n) is 2.24. The molecule has 1 aromatic carbocycles. The molecule has 0 spiro atoms. The van der Waals surface area contributed by atoms with Gasteiger partial charge in [-0.15, -0.1) is 0 Å². The fourth-order valence-corrected chi connectivity index (χ4v) is 1.19. The van der Waals surface area contributed by atoms with Crippen molar-refractivity contribution in [3.63, 3.8) is 0 Å². The van der Waals surface area contributed by atoms with Crippen molar-refractivity contribution in [2.75, 3.05) is 17.7 Å². The number of nitrogen functional groups attached to an aromatic ring is 1. The van der Waals surface area contributed by atoms with E-state index in [1.54, 1.807) is 0 Å². The molecular weight excluding hydrogens is 176 g/mol. The minimum atomic E-state index is -0.321. The van der Waals surface area contributed by atoms with Gasteiger partial charge in [-0.25, -0.2) is 0 Å². The number of rotatable bonds is 3. The van der Waals surface area contributed by atoms with Crippen LogP contribution in [0.1, 0.15) is 19.4 Å². The molecule has 4 N–H and O–H groups in total. The van der Waals surface area contributed by atoms with Crippen molar-refractivity contribution < 1.29 is 5.11 Å². The predicted octanol–water partition coefficient (Wildman–Crippen LogP) is 1.76. The van der Waals surface area contributed by atoms with Gasteiger partial charge in [0.1, 0.15) is 0 Å². The summed E-state index contributed by atoms with van der Waals surface area (Å²) in [7, 11) is 0. The van der Waals surface area contributed by atoms with Gasteiger partial charge in [-0.2, -0.15) is 0 Å². The standard InChI is InChI=1S/C11H18N2O/c1-8-9(12)5-4-6-10(8)13-11(2,3)7-14/h4-6,13-14H,7,12H2,1-3H3. The van der Waals surface area contributed by atoms with Gasteiger partial charge in [-0.3, -0.25) is 0 Å². The first-order valence-electron chi connectivity index (χ1n) is 4.70. The van der Waals surface area contributed by atoms with Crippen LogP contribution in [-0.2, 0) is 0 Å². The van der Waals surface area contributed by atoms with Gasteiger partial charge in [0.25, 0.3) is 0 Å². The molecule has 0 saturated carbocycles. The summed E-state index contributed by atoms with van der Waals surface area (Å²) in [5.41, 5.74) is 8.22. The highest BCUT2D eigenvalue weighted by Gasteiger charge is 2.16. The second-order valence-electron chi connectivity index (χ2n) is 4.19. The fraction of sp³-hybridized carbons (Fsp3) is 0.455. The van der Waals surface area contributed by atoms with Gasteiger partial charge in [0.05, 0.1) is 12.1 Å². The normalized spacial score (nSPS) is 11.4. The van der Waals surface area contributed by atoms with Crippen molar-refractivity contribution in [2.24, 2.45) is 0 Å². The molecule has 0 aromatic heterocycles. The molecule has 0 aliphatic rings. The Morgan fingerprint density at radius 3 is 2.64 bits per heavy atom. The van der Waals surface area contributed by atoms with E-state index in [1.807, 2.05) is 39.0 Å². The van der Waals surface area contributed by atoms with Crippen LogP contribution in [0.15, 0.2) is 18.2 Å². The molecule has 0 unspecified atom stereocenters. The maximum atomic E-state index is 9.12. The first-order chi connectivity index (χ1) is 6.46. The summed E-state index contributed by atoms with van der Waals surface area (Å²) < 4.78 is 0. The van der Waals surface area contributed by atoms with Crippen LogP contribution in [0.4, 0.5) is 11.4 Å². The van der Waals surface area contributed by atoms with E-state index in [0.29, 0.717) is 0 Å². The number of hydrogen-bond acceptors (Lipinski definition) is 3. The maximum absolute atomic E-state index is 9.12. The molecule has 0 fully saturated rings. The molecule has 14 heavy (non-hydrogen) atoms. The Balaban J connectivity index is 2.92. The lowest BCUT2D eigenvalue weighted by Gasteiger charge is -2.26. The first kappa shape index (κ1) is 10.9. The minimum absolute atomic E-state index is 0.0846. The zero-order chi connectivity index (χ0) is 10.8. The zero-order valence-electron chi connectivity index (χ0n) is 8.96. The lowest BCUT2D eigenvalue weighted by molar-refractivity contribution is 0.234. The number of anilines is 2. The molecule has 0 amide bonds. The van der Waals surface area contributed by atoms with Gasteiger partial charge >= 0.3 is 0 Å². The molecule has 3 nitrogen and oxygen atoms in total. The van der Waals surface area contributed by atoms with E-state index in [2.05, 4.69) is 5.32 Å². The van der Waals surface area contributed by atoms with Crippen LogP contribution in [0, 0.1) is 6.92 Å². The van der Waals surface area contributed by atoms with Gasteiger partial charge < -0.3 is 16.2 Å². The summed E-state index contributed by atoms with van der Waals surface area (Å²) in [5, 5.41) is 12.4. The molecule has 0 radical (unpaired) electrons. The topological polar surface area (TPSA) is 58.3 Å². The number of hydrogen-bond donors (Lipinski definition) is 3. The monoisotopic (exact) mass is 194 g/mol. The van der Waals surface area contributed by atoms with Crippen molar-refractivity contribution in [3.8, 4) is 0 Å². The highest BCUT2D eigenvalue weighted by Crippen LogP contribution is 2.23. The number of benzene rings is 1. The molecule has 1 rings (SSSR count). The van der Waals surface area contributed by atoms with Gasteiger partial charge in [0.15, 0.2) is 0 Å². The Hall–Kier alpha value is -1.22. The summed E-state index contributed by atoms with van der Waals surface area (Å²) in [6.07, 6.45) is 0. The molecule has 0 bridgehead atoms. The van der Waals surface area contributed by atoms with Crippen molar-refractivity contribution in [2.45, 2.75) is 26.3 Å². The maximum Gasteiger partial charge on any atom is 0.0656 e. The highest BCUT2D eigenvalue weighted by molar-refractivity contribution is 5.63. The third kappa shape index (κ3) is 2.39. The molecular formula is C11H18N2O. The van der Waals surface area contributed by atoms with Crippen molar-refractivity contribution in [3.05, 3.63) is 23.8 Å². The van der Waals surface area contributed by atoms with Gasteiger partial charge in [0.2, 0.25) is 0 Å². The summed E-state index contributed by atoms with van der Waals surface area (Å²) >= 11 is 0. The van der Waals surface area contributed by atoms with Crippen molar-refractivity contribution in [1.82, 2.24) is 0 Å². The number of nitrogens with one attached hydrogen (secondary N) is 1. The quantitative estimate of drug-likeness (QED) is 0.643. The van der Waals surface area contributed by atoms with E-state index in [0.717, 1.165) is 16.9 Å². The molecule has 0 aliphatic heterocycles. The lowest BCUT2D eigenvalue weighted by Crippen LogP contribution is -2.35. The van der Waals surface area contributed by atoms with E-state index in [1.165, 1.54) is 0 Å². The van der Waals surface area contributed by atoms with Gasteiger partial charge in [0, 0.05) is 11.4 Å². The van der Waals surface area contributed by atoms with E-state index in [-0.39, 0.29) is 12.1 Å². The lowest BCUT2D eigenvalue weighted by atomic mass is 10.0. The van der Waals surface area contributed by atoms with E-state index < -0.39 is 0 Å². The Morgan fingerprint density at radius 2 is 2.07 bits per heavy atom. The summed E-state index contributed by atoms with van der Waals surface area (Å²) in [5.74, 6) is 0. The largest absolute Gasteiger partial charge is 0.398 e. The molecule has 0 heterocycles. The zero-order valence-corrected chi connectivity index (χ0v) is 8.96. The van der Waals surface area contributed by atoms with Crippen LogP contribution in [0.25, 0.3) is 0 Å². The summed E-state index contributed by atoms with van der Waals surface area (Å²) in [6.45, 7) is 5.93. The molecule has 3 heteroatoms. The van der Waals surface area contributed by atoms with Crippen molar-refractivity contribution in [1.29, 1.82) is 0 Å². The molecule has 0 atom stereocenters. The highest BCUT2D eigenvalue weighted by atomic mass is 16.3. The van der Waals surface area contributed by atoms with E-state index in [4.69, 9.17) is 10.8 Å². The average molecular weight is 194 g/mol. The van der Waals surface area contributed by atoms with Crippen LogP contribution < -0.4 is 11.1 Å². The van der Waals surface area contributed by atoms with Crippen molar-refractivity contribution >= 4 is 11.4 Å². The Labute approximate surface area is 84.9 Å². The Kier molecular flexibility index (Phi) is 3.01. The van der Waals surface area contributed by atoms with Crippen LogP contribution >= 0.6 is 0 Å². The predicted molar refractivity (Wildman–Crippen MR) is 60.4 cm³/mol. The minimum Gasteiger partial charge on any atom is -0.398 e. The Bertz CT molecular complexity index is 321.